The second-order valence-electron chi connectivity index (χ2n) is 2.98. The van der Waals surface area contributed by atoms with E-state index in [2.05, 4.69) is 10.3 Å². The van der Waals surface area contributed by atoms with E-state index in [0.29, 0.717) is 5.69 Å². The molecule has 1 aromatic rings. The molecule has 1 aliphatic rings. The fourth-order valence-corrected chi connectivity index (χ4v) is 1.27. The van der Waals surface area contributed by atoms with E-state index >= 15 is 0 Å². The number of aliphatic hydroxyl groups is 1. The number of dihydropyridines is 1. The van der Waals surface area contributed by atoms with E-state index < -0.39 is 6.10 Å². The van der Waals surface area contributed by atoms with Gasteiger partial charge in [-0.05, 0) is 24.4 Å². The van der Waals surface area contributed by atoms with Gasteiger partial charge in [0.25, 0.3) is 0 Å². The molecule has 0 aromatic carbocycles. The lowest BCUT2D eigenvalue weighted by atomic mass is 10.1. The van der Waals surface area contributed by atoms with Crippen molar-refractivity contribution in [2.45, 2.75) is 6.10 Å². The topological polar surface area (TPSA) is 45.1 Å². The third-order valence-corrected chi connectivity index (χ3v) is 2.00. The molecule has 1 aliphatic heterocycles. The van der Waals surface area contributed by atoms with E-state index in [1.54, 1.807) is 18.5 Å². The molecule has 1 radical (unpaired) electrons. The summed E-state index contributed by atoms with van der Waals surface area (Å²) in [6.07, 6.45) is 8.34. The molecule has 14 heavy (non-hydrogen) atoms. The van der Waals surface area contributed by atoms with Gasteiger partial charge in [-0.3, -0.25) is 4.98 Å². The van der Waals surface area contributed by atoms with Gasteiger partial charge in [-0.2, -0.15) is 0 Å². The normalized spacial score (nSPS) is 17.8. The SMILES string of the molecule is OC([C]1C=CC=CN1)c1ccccn1. The predicted octanol–water partition coefficient (Wildman–Crippen LogP) is 1.32. The van der Waals surface area contributed by atoms with Crippen molar-refractivity contribution in [2.75, 3.05) is 0 Å². The van der Waals surface area contributed by atoms with Crippen molar-refractivity contribution in [3.63, 3.8) is 0 Å². The van der Waals surface area contributed by atoms with Crippen molar-refractivity contribution in [1.29, 1.82) is 0 Å². The number of allylic oxidation sites excluding steroid dienone is 2. The average Bonchev–Trinajstić information content (AvgIpc) is 2.30. The highest BCUT2D eigenvalue weighted by molar-refractivity contribution is 5.27. The lowest BCUT2D eigenvalue weighted by molar-refractivity contribution is 0.185. The maximum atomic E-state index is 9.90. The van der Waals surface area contributed by atoms with Gasteiger partial charge in [0, 0.05) is 6.20 Å². The van der Waals surface area contributed by atoms with E-state index in [-0.39, 0.29) is 0 Å². The van der Waals surface area contributed by atoms with E-state index in [1.165, 1.54) is 0 Å². The van der Waals surface area contributed by atoms with Gasteiger partial charge in [-0.1, -0.05) is 18.2 Å². The summed E-state index contributed by atoms with van der Waals surface area (Å²) < 4.78 is 0. The van der Waals surface area contributed by atoms with Crippen LogP contribution in [0.3, 0.4) is 0 Å². The molecule has 0 aliphatic carbocycles. The highest BCUT2D eigenvalue weighted by Crippen LogP contribution is 2.22. The molecule has 0 spiro atoms. The van der Waals surface area contributed by atoms with E-state index in [0.717, 1.165) is 6.04 Å². The van der Waals surface area contributed by atoms with E-state index in [1.807, 2.05) is 30.4 Å². The summed E-state index contributed by atoms with van der Waals surface area (Å²) in [6, 6.07) is 6.22. The summed E-state index contributed by atoms with van der Waals surface area (Å²) in [5.41, 5.74) is 0.648. The van der Waals surface area contributed by atoms with Crippen molar-refractivity contribution < 1.29 is 5.11 Å². The van der Waals surface area contributed by atoms with Crippen LogP contribution in [0.5, 0.6) is 0 Å². The van der Waals surface area contributed by atoms with Crippen molar-refractivity contribution >= 4 is 0 Å². The first-order chi connectivity index (χ1) is 6.88. The van der Waals surface area contributed by atoms with Crippen LogP contribution in [0.1, 0.15) is 11.8 Å². The van der Waals surface area contributed by atoms with Crippen molar-refractivity contribution in [3.8, 4) is 0 Å². The van der Waals surface area contributed by atoms with Crippen LogP contribution in [-0.4, -0.2) is 10.1 Å². The fourth-order valence-electron chi connectivity index (χ4n) is 1.27. The molecule has 0 saturated carbocycles. The maximum Gasteiger partial charge on any atom is 0.125 e. The molecule has 1 atom stereocenters. The number of pyridine rings is 1. The minimum absolute atomic E-state index is 0.648. The molecule has 2 rings (SSSR count). The molecule has 2 heterocycles. The van der Waals surface area contributed by atoms with Crippen LogP contribution < -0.4 is 5.32 Å². The van der Waals surface area contributed by atoms with Crippen LogP contribution in [0.2, 0.25) is 0 Å². The Bertz CT molecular complexity index is 346. The lowest BCUT2D eigenvalue weighted by Crippen LogP contribution is -2.22. The Hall–Kier alpha value is -1.61. The number of rotatable bonds is 2. The monoisotopic (exact) mass is 187 g/mol. The van der Waals surface area contributed by atoms with Gasteiger partial charge in [-0.25, -0.2) is 0 Å². The zero-order valence-corrected chi connectivity index (χ0v) is 7.59. The average molecular weight is 187 g/mol. The summed E-state index contributed by atoms with van der Waals surface area (Å²) in [5, 5.41) is 12.9. The van der Waals surface area contributed by atoms with Crippen molar-refractivity contribution in [2.24, 2.45) is 0 Å². The van der Waals surface area contributed by atoms with Gasteiger partial charge in [-0.15, -0.1) is 0 Å². The first kappa shape index (κ1) is 8.97. The number of aromatic nitrogens is 1. The van der Waals surface area contributed by atoms with Gasteiger partial charge in [0.2, 0.25) is 0 Å². The molecule has 1 aromatic heterocycles. The zero-order valence-electron chi connectivity index (χ0n) is 7.59. The Balaban J connectivity index is 2.12. The maximum absolute atomic E-state index is 9.90. The second kappa shape index (κ2) is 4.07. The predicted molar refractivity (Wildman–Crippen MR) is 53.9 cm³/mol. The van der Waals surface area contributed by atoms with Crippen LogP contribution in [0.15, 0.2) is 48.8 Å². The molecular formula is C11H11N2O. The molecule has 3 heteroatoms. The molecule has 2 N–H and O–H groups in total. The van der Waals surface area contributed by atoms with Crippen LogP contribution in [0.25, 0.3) is 0 Å². The smallest absolute Gasteiger partial charge is 0.125 e. The van der Waals surface area contributed by atoms with Gasteiger partial charge in [0.1, 0.15) is 12.1 Å². The Morgan fingerprint density at radius 2 is 2.21 bits per heavy atom. The minimum Gasteiger partial charge on any atom is -0.384 e. The van der Waals surface area contributed by atoms with Crippen LogP contribution >= 0.6 is 0 Å². The molecule has 0 amide bonds. The summed E-state index contributed by atoms with van der Waals surface area (Å²) in [6.45, 7) is 0. The van der Waals surface area contributed by atoms with Gasteiger partial charge in [0.05, 0.1) is 5.69 Å². The van der Waals surface area contributed by atoms with Crippen molar-refractivity contribution in [1.82, 2.24) is 10.3 Å². The molecular weight excluding hydrogens is 176 g/mol. The van der Waals surface area contributed by atoms with Gasteiger partial charge < -0.3 is 10.4 Å². The number of hydrogen-bond donors (Lipinski definition) is 2. The Morgan fingerprint density at radius 1 is 1.29 bits per heavy atom. The highest BCUT2D eigenvalue weighted by atomic mass is 16.3. The summed E-state index contributed by atoms with van der Waals surface area (Å²) in [5.74, 6) is 0. The Morgan fingerprint density at radius 3 is 2.86 bits per heavy atom. The zero-order chi connectivity index (χ0) is 9.80. The van der Waals surface area contributed by atoms with Crippen molar-refractivity contribution in [3.05, 3.63) is 60.6 Å². The Kier molecular flexibility index (Phi) is 2.60. The summed E-state index contributed by atoms with van der Waals surface area (Å²) in [7, 11) is 0. The van der Waals surface area contributed by atoms with Gasteiger partial charge >= 0.3 is 0 Å². The summed E-state index contributed by atoms with van der Waals surface area (Å²) in [4.78, 5) is 4.09. The molecule has 71 valence electrons. The van der Waals surface area contributed by atoms with Crippen LogP contribution in [0.4, 0.5) is 0 Å². The largest absolute Gasteiger partial charge is 0.384 e. The second-order valence-corrected chi connectivity index (χ2v) is 2.98. The number of nitrogens with zero attached hydrogens (tertiary/aromatic N) is 1. The minimum atomic E-state index is -0.683. The number of nitrogens with one attached hydrogen (secondary N) is 1. The van der Waals surface area contributed by atoms with Crippen LogP contribution in [0, 0.1) is 6.04 Å². The quantitative estimate of drug-likeness (QED) is 0.734. The lowest BCUT2D eigenvalue weighted by Gasteiger charge is -2.20. The fraction of sp³-hybridized carbons (Fsp3) is 0.0909. The van der Waals surface area contributed by atoms with Crippen LogP contribution in [-0.2, 0) is 0 Å². The Labute approximate surface area is 82.8 Å². The molecule has 0 saturated heterocycles. The third kappa shape index (κ3) is 1.83. The van der Waals surface area contributed by atoms with E-state index in [9.17, 15) is 5.11 Å². The highest BCUT2D eigenvalue weighted by Gasteiger charge is 2.19. The van der Waals surface area contributed by atoms with Gasteiger partial charge in [0.15, 0.2) is 0 Å². The third-order valence-electron chi connectivity index (χ3n) is 2.00. The first-order valence-corrected chi connectivity index (χ1v) is 4.43. The molecule has 3 nitrogen and oxygen atoms in total. The number of hydrogen-bond acceptors (Lipinski definition) is 3. The molecule has 0 fully saturated rings. The first-order valence-electron chi connectivity index (χ1n) is 4.43. The molecule has 1 unspecified atom stereocenters. The molecule has 0 bridgehead atoms. The standard InChI is InChI=1S/C11H11N2O/c14-11(9-5-1-3-7-12-9)10-6-2-4-8-13-10/h1-8,11-12,14H. The van der Waals surface area contributed by atoms with E-state index in [4.69, 9.17) is 0 Å². The number of aliphatic hydroxyl groups excluding tert-OH is 1. The summed E-state index contributed by atoms with van der Waals surface area (Å²) >= 11 is 0.